The molecule has 1 rings (SSSR count). The molecule has 0 aromatic heterocycles. The van der Waals surface area contributed by atoms with E-state index in [9.17, 15) is 4.79 Å². The number of carbonyl (C=O) groups is 1. The number of hydrogen-bond donors (Lipinski definition) is 0. The first-order valence-corrected chi connectivity index (χ1v) is 4.94. The fourth-order valence-electron chi connectivity index (χ4n) is 1.38. The van der Waals surface area contributed by atoms with Gasteiger partial charge >= 0.3 is 5.97 Å². The summed E-state index contributed by atoms with van der Waals surface area (Å²) in [5.41, 5.74) is 0.776. The van der Waals surface area contributed by atoms with Crippen LogP contribution in [0.25, 0.3) is 0 Å². The molecular weight excluding hydrogens is 180 g/mol. The summed E-state index contributed by atoms with van der Waals surface area (Å²) in [5, 5.41) is 0. The smallest absolute Gasteiger partial charge is 0.333 e. The van der Waals surface area contributed by atoms with E-state index >= 15 is 0 Å². The van der Waals surface area contributed by atoms with Gasteiger partial charge in [0.2, 0.25) is 0 Å². The molecule has 0 saturated carbocycles. The van der Waals surface area contributed by atoms with Crippen molar-refractivity contribution >= 4 is 5.97 Å². The van der Waals surface area contributed by atoms with E-state index in [-0.39, 0.29) is 5.97 Å². The van der Waals surface area contributed by atoms with Crippen LogP contribution in [0.3, 0.4) is 0 Å². The van der Waals surface area contributed by atoms with Gasteiger partial charge in [-0.1, -0.05) is 13.5 Å². The molecule has 80 valence electrons. The van der Waals surface area contributed by atoms with Crippen molar-refractivity contribution in [2.45, 2.75) is 26.7 Å². The van der Waals surface area contributed by atoms with Crippen molar-refractivity contribution in [2.75, 3.05) is 19.8 Å². The Bertz CT molecular complexity index is 229. The fourth-order valence-corrected chi connectivity index (χ4v) is 1.38. The lowest BCUT2D eigenvalue weighted by atomic mass is 9.84. The van der Waals surface area contributed by atoms with E-state index in [1.165, 1.54) is 0 Å². The van der Waals surface area contributed by atoms with Crippen LogP contribution in [-0.4, -0.2) is 25.8 Å². The molecule has 0 spiro atoms. The predicted molar refractivity (Wildman–Crippen MR) is 53.9 cm³/mol. The molecule has 0 aliphatic carbocycles. The van der Waals surface area contributed by atoms with Crippen molar-refractivity contribution in [1.29, 1.82) is 0 Å². The average Bonchev–Trinajstić information content (AvgIpc) is 2.09. The molecule has 1 saturated heterocycles. The molecule has 1 aliphatic rings. The lowest BCUT2D eigenvalue weighted by Crippen LogP contribution is -2.39. The minimum absolute atomic E-state index is 0.292. The van der Waals surface area contributed by atoms with Crippen LogP contribution >= 0.6 is 0 Å². The minimum Gasteiger partial charge on any atom is -0.462 e. The van der Waals surface area contributed by atoms with Crippen molar-refractivity contribution in [3.63, 3.8) is 0 Å². The summed E-state index contributed by atoms with van der Waals surface area (Å²) in [5.74, 6) is -0.292. The van der Waals surface area contributed by atoms with Crippen LogP contribution in [0.4, 0.5) is 0 Å². The Balaban J connectivity index is 2.04. The van der Waals surface area contributed by atoms with Gasteiger partial charge in [-0.3, -0.25) is 0 Å². The third-order valence-electron chi connectivity index (χ3n) is 2.41. The average molecular weight is 198 g/mol. The second-order valence-corrected chi connectivity index (χ2v) is 4.32. The maximum Gasteiger partial charge on any atom is 0.333 e. The Morgan fingerprint density at radius 1 is 1.57 bits per heavy atom. The van der Waals surface area contributed by atoms with Crippen LogP contribution < -0.4 is 0 Å². The second-order valence-electron chi connectivity index (χ2n) is 4.32. The molecule has 14 heavy (non-hydrogen) atoms. The molecule has 0 atom stereocenters. The zero-order valence-corrected chi connectivity index (χ0v) is 8.97. The van der Waals surface area contributed by atoms with Crippen molar-refractivity contribution < 1.29 is 14.3 Å². The molecule has 0 aromatic rings. The summed E-state index contributed by atoms with van der Waals surface area (Å²) >= 11 is 0. The van der Waals surface area contributed by atoms with Gasteiger partial charge in [-0.15, -0.1) is 0 Å². The summed E-state index contributed by atoms with van der Waals surface area (Å²) in [6.45, 7) is 9.52. The van der Waals surface area contributed by atoms with Crippen LogP contribution in [0.2, 0.25) is 0 Å². The summed E-state index contributed by atoms with van der Waals surface area (Å²) in [4.78, 5) is 11.0. The molecule has 0 amide bonds. The highest BCUT2D eigenvalue weighted by molar-refractivity contribution is 5.86. The third kappa shape index (κ3) is 3.14. The van der Waals surface area contributed by atoms with Gasteiger partial charge in [0.05, 0.1) is 19.8 Å². The molecule has 0 bridgehead atoms. The summed E-state index contributed by atoms with van der Waals surface area (Å²) in [6, 6.07) is 0. The fraction of sp³-hybridized carbons (Fsp3) is 0.727. The summed E-state index contributed by atoms with van der Waals surface area (Å²) in [6.07, 6.45) is 1.95. The van der Waals surface area contributed by atoms with E-state index in [0.717, 1.165) is 26.1 Å². The summed E-state index contributed by atoms with van der Waals surface area (Å²) < 4.78 is 10.1. The Morgan fingerprint density at radius 3 is 2.64 bits per heavy atom. The lowest BCUT2D eigenvalue weighted by Gasteiger charge is -2.38. The Morgan fingerprint density at radius 2 is 2.21 bits per heavy atom. The van der Waals surface area contributed by atoms with Gasteiger partial charge in [0.15, 0.2) is 0 Å². The first-order chi connectivity index (χ1) is 6.53. The Kier molecular flexibility index (Phi) is 3.69. The van der Waals surface area contributed by atoms with Crippen molar-refractivity contribution in [2.24, 2.45) is 5.41 Å². The molecule has 1 aliphatic heterocycles. The van der Waals surface area contributed by atoms with E-state index in [1.54, 1.807) is 6.92 Å². The standard InChI is InChI=1S/C11H18O3/c1-9(2)10(12)14-6-4-5-11(3)7-13-8-11/h1,4-8H2,2-3H3. The van der Waals surface area contributed by atoms with Gasteiger partial charge < -0.3 is 9.47 Å². The highest BCUT2D eigenvalue weighted by Crippen LogP contribution is 2.31. The van der Waals surface area contributed by atoms with E-state index in [2.05, 4.69) is 13.5 Å². The third-order valence-corrected chi connectivity index (χ3v) is 2.41. The van der Waals surface area contributed by atoms with Crippen LogP contribution in [0, 0.1) is 5.41 Å². The molecule has 0 N–H and O–H groups in total. The number of ether oxygens (including phenoxy) is 2. The van der Waals surface area contributed by atoms with Gasteiger partial charge in [0, 0.05) is 11.0 Å². The zero-order chi connectivity index (χ0) is 10.6. The summed E-state index contributed by atoms with van der Waals surface area (Å²) in [7, 11) is 0. The molecule has 0 unspecified atom stereocenters. The van der Waals surface area contributed by atoms with Crippen LogP contribution in [-0.2, 0) is 14.3 Å². The maximum absolute atomic E-state index is 11.0. The van der Waals surface area contributed by atoms with E-state index in [1.807, 2.05) is 0 Å². The van der Waals surface area contributed by atoms with Crippen molar-refractivity contribution in [1.82, 2.24) is 0 Å². The second kappa shape index (κ2) is 4.60. The molecule has 3 nitrogen and oxygen atoms in total. The van der Waals surface area contributed by atoms with Gasteiger partial charge in [-0.2, -0.15) is 0 Å². The van der Waals surface area contributed by atoms with Crippen molar-refractivity contribution in [3.05, 3.63) is 12.2 Å². The van der Waals surface area contributed by atoms with Gasteiger partial charge in [0.1, 0.15) is 0 Å². The molecule has 1 heterocycles. The maximum atomic E-state index is 11.0. The number of hydrogen-bond acceptors (Lipinski definition) is 3. The van der Waals surface area contributed by atoms with Gasteiger partial charge in [0.25, 0.3) is 0 Å². The van der Waals surface area contributed by atoms with Crippen LogP contribution in [0.1, 0.15) is 26.7 Å². The first kappa shape index (κ1) is 11.2. The highest BCUT2D eigenvalue weighted by Gasteiger charge is 2.32. The monoisotopic (exact) mass is 198 g/mol. The zero-order valence-electron chi connectivity index (χ0n) is 8.97. The molecular formula is C11H18O3. The SMILES string of the molecule is C=C(C)C(=O)OCCCC1(C)COC1. The molecule has 0 radical (unpaired) electrons. The van der Waals surface area contributed by atoms with Crippen LogP contribution in [0.15, 0.2) is 12.2 Å². The minimum atomic E-state index is -0.292. The quantitative estimate of drug-likeness (QED) is 0.384. The highest BCUT2D eigenvalue weighted by atomic mass is 16.5. The topological polar surface area (TPSA) is 35.5 Å². The first-order valence-electron chi connectivity index (χ1n) is 4.94. The Hall–Kier alpha value is -0.830. The molecule has 1 fully saturated rings. The van der Waals surface area contributed by atoms with Gasteiger partial charge in [-0.25, -0.2) is 4.79 Å². The van der Waals surface area contributed by atoms with Crippen LogP contribution in [0.5, 0.6) is 0 Å². The van der Waals surface area contributed by atoms with E-state index in [0.29, 0.717) is 17.6 Å². The van der Waals surface area contributed by atoms with Crippen molar-refractivity contribution in [3.8, 4) is 0 Å². The normalized spacial score (nSPS) is 18.4. The molecule has 3 heteroatoms. The van der Waals surface area contributed by atoms with E-state index in [4.69, 9.17) is 9.47 Å². The number of esters is 1. The number of rotatable bonds is 5. The largest absolute Gasteiger partial charge is 0.462 e. The molecule has 0 aromatic carbocycles. The lowest BCUT2D eigenvalue weighted by molar-refractivity contribution is -0.140. The number of carbonyl (C=O) groups excluding carboxylic acids is 1. The van der Waals surface area contributed by atoms with Gasteiger partial charge in [-0.05, 0) is 19.8 Å². The van der Waals surface area contributed by atoms with E-state index < -0.39 is 0 Å². The Labute approximate surface area is 85.1 Å². The predicted octanol–water partition coefficient (Wildman–Crippen LogP) is 1.92.